The van der Waals surface area contributed by atoms with Crippen molar-refractivity contribution in [3.63, 3.8) is 0 Å². The summed E-state index contributed by atoms with van der Waals surface area (Å²) in [5, 5.41) is 6.26. The third-order valence-corrected chi connectivity index (χ3v) is 7.60. The van der Waals surface area contributed by atoms with E-state index in [1.807, 2.05) is 6.92 Å². The third kappa shape index (κ3) is 4.18. The molecule has 3 aromatic heterocycles. The number of aromatic nitrogens is 4. The third-order valence-electron chi connectivity index (χ3n) is 6.64. The van der Waals surface area contributed by atoms with Crippen LogP contribution >= 0.6 is 0 Å². The summed E-state index contributed by atoms with van der Waals surface area (Å²) in [7, 11) is -2.23. The summed E-state index contributed by atoms with van der Waals surface area (Å²) < 4.78 is 46.8. The average molecular weight is 560 g/mol. The zero-order chi connectivity index (χ0) is 28.3. The minimum atomic E-state index is -3.86. The first-order valence-electron chi connectivity index (χ1n) is 12.1. The molecular formula is C28H22FN5O5S. The molecule has 6 rings (SSSR count). The molecule has 3 heterocycles. The van der Waals surface area contributed by atoms with Crippen LogP contribution in [0.4, 0.5) is 15.8 Å². The van der Waals surface area contributed by atoms with Crippen LogP contribution in [0.25, 0.3) is 38.8 Å². The predicted molar refractivity (Wildman–Crippen MR) is 150 cm³/mol. The molecule has 0 spiro atoms. The number of rotatable bonds is 5. The zero-order valence-electron chi connectivity index (χ0n) is 21.5. The molecule has 0 radical (unpaired) electrons. The van der Waals surface area contributed by atoms with E-state index in [2.05, 4.69) is 15.4 Å². The number of sulfone groups is 1. The van der Waals surface area contributed by atoms with Crippen molar-refractivity contribution in [2.75, 3.05) is 11.6 Å². The average Bonchev–Trinajstić information content (AvgIpc) is 3.46. The van der Waals surface area contributed by atoms with Crippen molar-refractivity contribution >= 4 is 43.0 Å². The molecule has 0 atom stereocenters. The quantitative estimate of drug-likeness (QED) is 0.320. The second-order valence-corrected chi connectivity index (χ2v) is 11.4. The van der Waals surface area contributed by atoms with Crippen molar-refractivity contribution in [2.45, 2.75) is 12.0 Å². The van der Waals surface area contributed by atoms with E-state index >= 15 is 0 Å². The summed E-state index contributed by atoms with van der Waals surface area (Å²) in [5.41, 5.74) is 2.81. The molecule has 0 aliphatic heterocycles. The number of fused-ring (bicyclic) bond motifs is 2. The number of benzene rings is 3. The van der Waals surface area contributed by atoms with Crippen molar-refractivity contribution in [1.82, 2.24) is 19.3 Å². The van der Waals surface area contributed by atoms with Gasteiger partial charge in [0.2, 0.25) is 14.9 Å². The van der Waals surface area contributed by atoms with Crippen LogP contribution in [0.2, 0.25) is 0 Å². The van der Waals surface area contributed by atoms with E-state index < -0.39 is 26.3 Å². The van der Waals surface area contributed by atoms with E-state index in [0.29, 0.717) is 33.5 Å². The van der Waals surface area contributed by atoms with Gasteiger partial charge in [0.25, 0.3) is 11.1 Å². The topological polar surface area (TPSA) is 132 Å². The number of aromatic amines is 1. The van der Waals surface area contributed by atoms with Crippen LogP contribution in [0.15, 0.2) is 86.1 Å². The van der Waals surface area contributed by atoms with Gasteiger partial charge in [0.05, 0.1) is 22.9 Å². The van der Waals surface area contributed by atoms with Crippen molar-refractivity contribution in [3.05, 3.63) is 99.1 Å². The fraction of sp³-hybridized carbons (Fsp3) is 0.107. The number of halogens is 1. The molecule has 0 unspecified atom stereocenters. The lowest BCUT2D eigenvalue weighted by atomic mass is 10.1. The first-order chi connectivity index (χ1) is 19.0. The highest BCUT2D eigenvalue weighted by atomic mass is 32.2. The maximum atomic E-state index is 13.6. The van der Waals surface area contributed by atoms with Gasteiger partial charge in [-0.25, -0.2) is 22.5 Å². The standard InChI is InChI=1S/C28H22FN5O5S/c1-15-4-10-19(13-22(15)31-18-9-11-21-20(12-18)26(35)33(2)14-30-21)34-27(36)23-24(32-34)28(40(3,37)38)39-25(23)16-5-7-17(29)8-6-16/h4-14,31-32H,1-3H3. The number of H-pyrrole nitrogens is 1. The van der Waals surface area contributed by atoms with Crippen molar-refractivity contribution in [2.24, 2.45) is 7.05 Å². The highest BCUT2D eigenvalue weighted by Crippen LogP contribution is 2.34. The summed E-state index contributed by atoms with van der Waals surface area (Å²) in [4.78, 5) is 30.5. The van der Waals surface area contributed by atoms with E-state index in [1.165, 1.54) is 39.8 Å². The molecular weight excluding hydrogens is 537 g/mol. The lowest BCUT2D eigenvalue weighted by molar-refractivity contribution is 0.466. The van der Waals surface area contributed by atoms with Gasteiger partial charge < -0.3 is 14.3 Å². The van der Waals surface area contributed by atoms with Crippen molar-refractivity contribution in [3.8, 4) is 17.0 Å². The number of anilines is 2. The summed E-state index contributed by atoms with van der Waals surface area (Å²) >= 11 is 0. The molecule has 2 N–H and O–H groups in total. The normalized spacial score (nSPS) is 11.9. The molecule has 0 aliphatic carbocycles. The number of nitrogens with one attached hydrogen (secondary N) is 2. The van der Waals surface area contributed by atoms with E-state index in [0.717, 1.165) is 11.8 Å². The molecule has 0 saturated carbocycles. The van der Waals surface area contributed by atoms with Crippen LogP contribution < -0.4 is 16.4 Å². The monoisotopic (exact) mass is 559 g/mol. The Morgan fingerprint density at radius 2 is 1.75 bits per heavy atom. The van der Waals surface area contributed by atoms with Gasteiger partial charge in [-0.2, -0.15) is 0 Å². The van der Waals surface area contributed by atoms with E-state index in [-0.39, 0.29) is 22.2 Å². The second-order valence-electron chi connectivity index (χ2n) is 9.52. The van der Waals surface area contributed by atoms with Gasteiger partial charge in [0.15, 0.2) is 5.76 Å². The van der Waals surface area contributed by atoms with Gasteiger partial charge in [-0.05, 0) is 67.1 Å². The largest absolute Gasteiger partial charge is 0.442 e. The molecule has 40 heavy (non-hydrogen) atoms. The number of nitrogens with zero attached hydrogens (tertiary/aromatic N) is 3. The highest BCUT2D eigenvalue weighted by molar-refractivity contribution is 7.90. The number of hydrogen-bond acceptors (Lipinski definition) is 7. The number of hydrogen-bond donors (Lipinski definition) is 2. The van der Waals surface area contributed by atoms with E-state index in [9.17, 15) is 22.4 Å². The van der Waals surface area contributed by atoms with Crippen LogP contribution in [0, 0.1) is 12.7 Å². The summed E-state index contributed by atoms with van der Waals surface area (Å²) in [6.45, 7) is 1.88. The van der Waals surface area contributed by atoms with Gasteiger partial charge >= 0.3 is 0 Å². The first-order valence-corrected chi connectivity index (χ1v) is 14.0. The molecule has 202 valence electrons. The van der Waals surface area contributed by atoms with Crippen LogP contribution in [-0.2, 0) is 16.9 Å². The lowest BCUT2D eigenvalue weighted by Crippen LogP contribution is -2.17. The van der Waals surface area contributed by atoms with E-state index in [1.54, 1.807) is 43.4 Å². The predicted octanol–water partition coefficient (Wildman–Crippen LogP) is 4.42. The Morgan fingerprint density at radius 1 is 1.00 bits per heavy atom. The van der Waals surface area contributed by atoms with Crippen LogP contribution in [0.5, 0.6) is 0 Å². The smallest absolute Gasteiger partial charge is 0.283 e. The first kappa shape index (κ1) is 25.3. The Balaban J connectivity index is 1.48. The molecule has 0 bridgehead atoms. The van der Waals surface area contributed by atoms with Gasteiger partial charge in [0.1, 0.15) is 16.7 Å². The van der Waals surface area contributed by atoms with Gasteiger partial charge in [-0.3, -0.25) is 14.7 Å². The maximum Gasteiger partial charge on any atom is 0.283 e. The summed E-state index contributed by atoms with van der Waals surface area (Å²) in [5.74, 6) is -0.462. The second kappa shape index (κ2) is 9.06. The Kier molecular flexibility index (Phi) is 5.73. The Morgan fingerprint density at radius 3 is 2.48 bits per heavy atom. The maximum absolute atomic E-state index is 13.6. The van der Waals surface area contributed by atoms with Crippen molar-refractivity contribution < 1.29 is 17.2 Å². The molecule has 3 aromatic carbocycles. The Bertz CT molecular complexity index is 2190. The molecule has 12 heteroatoms. The van der Waals surface area contributed by atoms with Crippen LogP contribution in [0.3, 0.4) is 0 Å². The van der Waals surface area contributed by atoms with Gasteiger partial charge in [-0.15, -0.1) is 0 Å². The summed E-state index contributed by atoms with van der Waals surface area (Å²) in [6, 6.07) is 15.7. The number of furan rings is 1. The van der Waals surface area contributed by atoms with Gasteiger partial charge in [0, 0.05) is 30.2 Å². The number of aryl methyl sites for hydroxylation is 2. The molecule has 0 saturated heterocycles. The molecule has 0 amide bonds. The Hall–Kier alpha value is -4.97. The minimum absolute atomic E-state index is 0.0137. The SMILES string of the molecule is Cc1ccc(-n2[nH]c3c(S(C)(=O)=O)oc(-c4ccc(F)cc4)c3c2=O)cc1Nc1ccc2ncn(C)c(=O)c2c1. The fourth-order valence-electron chi connectivity index (χ4n) is 4.57. The van der Waals surface area contributed by atoms with Crippen LogP contribution in [0.1, 0.15) is 5.56 Å². The van der Waals surface area contributed by atoms with Crippen molar-refractivity contribution in [1.29, 1.82) is 0 Å². The van der Waals surface area contributed by atoms with Gasteiger partial charge in [-0.1, -0.05) is 6.07 Å². The zero-order valence-corrected chi connectivity index (χ0v) is 22.3. The highest BCUT2D eigenvalue weighted by Gasteiger charge is 2.27. The van der Waals surface area contributed by atoms with E-state index in [4.69, 9.17) is 4.42 Å². The molecule has 0 aliphatic rings. The molecule has 6 aromatic rings. The van der Waals surface area contributed by atoms with Crippen LogP contribution in [-0.4, -0.2) is 34.0 Å². The molecule has 10 nitrogen and oxygen atoms in total. The Labute approximate surface area is 226 Å². The molecule has 0 fully saturated rings. The minimum Gasteiger partial charge on any atom is -0.442 e. The fourth-order valence-corrected chi connectivity index (χ4v) is 5.32. The lowest BCUT2D eigenvalue weighted by Gasteiger charge is -2.13. The summed E-state index contributed by atoms with van der Waals surface area (Å²) in [6.07, 6.45) is 2.45.